The third-order valence-electron chi connectivity index (χ3n) is 3.71. The van der Waals surface area contributed by atoms with Gasteiger partial charge in [0.15, 0.2) is 5.65 Å². The van der Waals surface area contributed by atoms with E-state index in [1.807, 2.05) is 6.92 Å². The lowest BCUT2D eigenvalue weighted by molar-refractivity contribution is -0.383. The highest BCUT2D eigenvalue weighted by Crippen LogP contribution is 2.30. The van der Waals surface area contributed by atoms with Gasteiger partial charge in [0.05, 0.1) is 16.5 Å². The lowest BCUT2D eigenvalue weighted by Gasteiger charge is -2.14. The zero-order valence-electron chi connectivity index (χ0n) is 14.1. The average Bonchev–Trinajstić information content (AvgIpc) is 3.08. The fraction of sp³-hybridized carbons (Fsp3) is 0.250. The number of fused-ring (bicyclic) bond motifs is 1. The second-order valence-electron chi connectivity index (χ2n) is 5.56. The van der Waals surface area contributed by atoms with Crippen molar-refractivity contribution in [1.82, 2.24) is 19.9 Å². The average molecular weight is 372 g/mol. The number of anilines is 1. The molecule has 0 bridgehead atoms. The topological polar surface area (TPSA) is 127 Å². The molecule has 2 aromatic heterocycles. The van der Waals surface area contributed by atoms with E-state index in [2.05, 4.69) is 25.3 Å². The standard InChI is InChI=1S/C16H16N6O3S/c1-3-12(26-16-13-14(18-7-17-13)19-8-20-16)15(23)21-10-6-9(2)4-5-11(10)22(24)25/h4-8,12H,3H2,1-2H3,(H,21,23)(H,17,18,19,20). The minimum absolute atomic E-state index is 0.137. The van der Waals surface area contributed by atoms with Crippen LogP contribution >= 0.6 is 11.8 Å². The molecular weight excluding hydrogens is 356 g/mol. The molecule has 0 aliphatic heterocycles. The molecular formula is C16H16N6O3S. The van der Waals surface area contributed by atoms with Crippen LogP contribution < -0.4 is 5.32 Å². The van der Waals surface area contributed by atoms with E-state index in [9.17, 15) is 14.9 Å². The number of imidazole rings is 1. The Kier molecular flexibility index (Phi) is 5.12. The van der Waals surface area contributed by atoms with Crippen molar-refractivity contribution in [1.29, 1.82) is 0 Å². The quantitative estimate of drug-likeness (QED) is 0.294. The SMILES string of the molecule is CCC(Sc1ncnc2nc[nH]c12)C(=O)Nc1cc(C)ccc1[N+](=O)[O-]. The summed E-state index contributed by atoms with van der Waals surface area (Å²) in [4.78, 5) is 38.6. The van der Waals surface area contributed by atoms with Gasteiger partial charge in [-0.3, -0.25) is 14.9 Å². The van der Waals surface area contributed by atoms with Gasteiger partial charge < -0.3 is 10.3 Å². The van der Waals surface area contributed by atoms with E-state index in [-0.39, 0.29) is 17.3 Å². The van der Waals surface area contributed by atoms with Gasteiger partial charge in [0, 0.05) is 6.07 Å². The summed E-state index contributed by atoms with van der Waals surface area (Å²) in [5.74, 6) is -0.322. The van der Waals surface area contributed by atoms with Crippen molar-refractivity contribution in [2.45, 2.75) is 30.5 Å². The van der Waals surface area contributed by atoms with Crippen molar-refractivity contribution in [2.24, 2.45) is 0 Å². The Morgan fingerprint density at radius 1 is 1.38 bits per heavy atom. The number of carbonyl (C=O) groups excluding carboxylic acids is 1. The molecule has 1 atom stereocenters. The van der Waals surface area contributed by atoms with Crippen molar-refractivity contribution < 1.29 is 9.72 Å². The van der Waals surface area contributed by atoms with Gasteiger partial charge in [0.1, 0.15) is 22.6 Å². The van der Waals surface area contributed by atoms with Crippen molar-refractivity contribution in [3.8, 4) is 0 Å². The number of amides is 1. The Morgan fingerprint density at radius 3 is 2.92 bits per heavy atom. The predicted molar refractivity (Wildman–Crippen MR) is 98.1 cm³/mol. The number of aryl methyl sites for hydroxylation is 1. The lowest BCUT2D eigenvalue weighted by atomic mass is 10.2. The van der Waals surface area contributed by atoms with Gasteiger partial charge in [0.2, 0.25) is 5.91 Å². The normalized spacial score (nSPS) is 12.1. The zero-order valence-corrected chi connectivity index (χ0v) is 14.9. The molecule has 3 aromatic rings. The lowest BCUT2D eigenvalue weighted by Crippen LogP contribution is -2.25. The van der Waals surface area contributed by atoms with Gasteiger partial charge in [-0.25, -0.2) is 15.0 Å². The van der Waals surface area contributed by atoms with Gasteiger partial charge in [-0.2, -0.15) is 0 Å². The van der Waals surface area contributed by atoms with Crippen molar-refractivity contribution in [3.63, 3.8) is 0 Å². The Morgan fingerprint density at radius 2 is 2.19 bits per heavy atom. The smallest absolute Gasteiger partial charge is 0.292 e. The molecule has 2 N–H and O–H groups in total. The molecule has 1 amide bonds. The molecule has 1 unspecified atom stereocenters. The van der Waals surface area contributed by atoms with Crippen LogP contribution in [0, 0.1) is 17.0 Å². The summed E-state index contributed by atoms with van der Waals surface area (Å²) in [6.07, 6.45) is 3.43. The maximum Gasteiger partial charge on any atom is 0.292 e. The summed E-state index contributed by atoms with van der Waals surface area (Å²) in [6.45, 7) is 3.68. The maximum absolute atomic E-state index is 12.7. The van der Waals surface area contributed by atoms with Crippen LogP contribution in [0.15, 0.2) is 35.9 Å². The second kappa shape index (κ2) is 7.48. The van der Waals surface area contributed by atoms with Crippen molar-refractivity contribution >= 4 is 40.2 Å². The molecule has 134 valence electrons. The van der Waals surface area contributed by atoms with Crippen molar-refractivity contribution in [2.75, 3.05) is 5.32 Å². The third kappa shape index (κ3) is 3.64. The van der Waals surface area contributed by atoms with E-state index in [4.69, 9.17) is 0 Å². The maximum atomic E-state index is 12.7. The number of hydrogen-bond acceptors (Lipinski definition) is 7. The summed E-state index contributed by atoms with van der Waals surface area (Å²) in [5, 5.41) is 14.0. The minimum atomic E-state index is -0.512. The first kappa shape index (κ1) is 17.8. The fourth-order valence-electron chi connectivity index (χ4n) is 2.41. The van der Waals surface area contributed by atoms with Crippen LogP contribution in [0.4, 0.5) is 11.4 Å². The molecule has 2 heterocycles. The number of nitrogens with zero attached hydrogens (tertiary/aromatic N) is 4. The number of nitro groups is 1. The first-order chi connectivity index (χ1) is 12.5. The van der Waals surface area contributed by atoms with E-state index in [0.717, 1.165) is 5.56 Å². The van der Waals surface area contributed by atoms with Crippen LogP contribution in [0.3, 0.4) is 0 Å². The summed E-state index contributed by atoms with van der Waals surface area (Å²) in [7, 11) is 0. The molecule has 0 saturated carbocycles. The number of H-pyrrole nitrogens is 1. The van der Waals surface area contributed by atoms with Crippen LogP contribution in [0.2, 0.25) is 0 Å². The molecule has 26 heavy (non-hydrogen) atoms. The number of nitro benzene ring substituents is 1. The van der Waals surface area contributed by atoms with Crippen LogP contribution in [0.1, 0.15) is 18.9 Å². The Bertz CT molecular complexity index is 974. The summed E-state index contributed by atoms with van der Waals surface area (Å²) in [6, 6.07) is 4.61. The largest absolute Gasteiger partial charge is 0.341 e. The van der Waals surface area contributed by atoms with Gasteiger partial charge in [-0.1, -0.05) is 24.8 Å². The molecule has 0 radical (unpaired) electrons. The Hall–Kier alpha value is -3.01. The molecule has 0 aliphatic carbocycles. The van der Waals surface area contributed by atoms with Crippen LogP contribution in [0.5, 0.6) is 0 Å². The fourth-order valence-corrected chi connectivity index (χ4v) is 3.39. The van der Waals surface area contributed by atoms with Crippen LogP contribution in [0.25, 0.3) is 11.2 Å². The first-order valence-electron chi connectivity index (χ1n) is 7.86. The highest BCUT2D eigenvalue weighted by molar-refractivity contribution is 8.00. The number of carbonyl (C=O) groups is 1. The van der Waals surface area contributed by atoms with Crippen molar-refractivity contribution in [3.05, 3.63) is 46.5 Å². The van der Waals surface area contributed by atoms with Gasteiger partial charge in [-0.05, 0) is 25.0 Å². The molecule has 0 spiro atoms. The number of aromatic amines is 1. The molecule has 0 aliphatic rings. The second-order valence-corrected chi connectivity index (χ2v) is 6.75. The molecule has 0 saturated heterocycles. The number of aromatic nitrogens is 4. The van der Waals surface area contributed by atoms with E-state index in [1.165, 1.54) is 30.5 Å². The third-order valence-corrected chi connectivity index (χ3v) is 5.08. The van der Waals surface area contributed by atoms with E-state index in [0.29, 0.717) is 22.6 Å². The number of nitrogens with one attached hydrogen (secondary N) is 2. The first-order valence-corrected chi connectivity index (χ1v) is 8.74. The van der Waals surface area contributed by atoms with Gasteiger partial charge >= 0.3 is 0 Å². The van der Waals surface area contributed by atoms with Crippen LogP contribution in [-0.4, -0.2) is 36.0 Å². The minimum Gasteiger partial charge on any atom is -0.341 e. The number of hydrogen-bond donors (Lipinski definition) is 2. The number of benzene rings is 1. The summed E-state index contributed by atoms with van der Waals surface area (Å²) < 4.78 is 0. The highest BCUT2D eigenvalue weighted by Gasteiger charge is 2.23. The molecule has 1 aromatic carbocycles. The summed E-state index contributed by atoms with van der Waals surface area (Å²) >= 11 is 1.26. The zero-order chi connectivity index (χ0) is 18.7. The van der Waals surface area contributed by atoms with Gasteiger partial charge in [0.25, 0.3) is 5.69 Å². The molecule has 3 rings (SSSR count). The highest BCUT2D eigenvalue weighted by atomic mass is 32.2. The van der Waals surface area contributed by atoms with Gasteiger partial charge in [-0.15, -0.1) is 0 Å². The Balaban J connectivity index is 1.83. The number of rotatable bonds is 6. The molecule has 0 fully saturated rings. The monoisotopic (exact) mass is 372 g/mol. The summed E-state index contributed by atoms with van der Waals surface area (Å²) in [5.41, 5.74) is 2.05. The Labute approximate surface area is 152 Å². The molecule has 9 nitrogen and oxygen atoms in total. The number of thioether (sulfide) groups is 1. The van der Waals surface area contributed by atoms with E-state index < -0.39 is 10.2 Å². The molecule has 10 heteroatoms. The van der Waals surface area contributed by atoms with Crippen LogP contribution in [-0.2, 0) is 4.79 Å². The van der Waals surface area contributed by atoms with E-state index >= 15 is 0 Å². The predicted octanol–water partition coefficient (Wildman–Crippen LogP) is 3.08. The van der Waals surface area contributed by atoms with E-state index in [1.54, 1.807) is 19.1 Å².